The fraction of sp³-hybridized carbons (Fsp3) is 0.750. The predicted molar refractivity (Wildman–Crippen MR) is 107 cm³/mol. The molecule has 0 radical (unpaired) electrons. The number of hydrogen-bond acceptors (Lipinski definition) is 6. The van der Waals surface area contributed by atoms with Crippen LogP contribution in [0.25, 0.3) is 0 Å². The van der Waals surface area contributed by atoms with E-state index in [4.69, 9.17) is 9.72 Å². The van der Waals surface area contributed by atoms with Gasteiger partial charge in [-0.3, -0.25) is 9.80 Å². The quantitative estimate of drug-likeness (QED) is 0.772. The zero-order chi connectivity index (χ0) is 19.7. The summed E-state index contributed by atoms with van der Waals surface area (Å²) in [5.41, 5.74) is 2.39. The van der Waals surface area contributed by atoms with E-state index in [0.717, 1.165) is 75.6 Å². The standard InChI is InChI=1S/C20H33N7O/c1-15-16(2)24(3)18(21-15)13-27-7-5-6-17(12-27)20-23-22-19(25(20)4)14-26-8-10-28-11-9-26/h17H,5-14H2,1-4H3/t17-/m0/s1. The van der Waals surface area contributed by atoms with Crippen LogP contribution in [-0.2, 0) is 31.9 Å². The van der Waals surface area contributed by atoms with E-state index in [9.17, 15) is 0 Å². The SMILES string of the molecule is Cc1nc(CN2CCC[C@H](c3nnc(CN4CCOCC4)n3C)C2)n(C)c1C. The number of aryl methyl sites for hydroxylation is 1. The summed E-state index contributed by atoms with van der Waals surface area (Å²) in [5.74, 6) is 3.78. The van der Waals surface area contributed by atoms with E-state index in [1.54, 1.807) is 0 Å². The smallest absolute Gasteiger partial charge is 0.146 e. The van der Waals surface area contributed by atoms with E-state index < -0.39 is 0 Å². The van der Waals surface area contributed by atoms with Crippen molar-refractivity contribution in [2.75, 3.05) is 39.4 Å². The second kappa shape index (κ2) is 8.31. The number of likely N-dealkylation sites (tertiary alicyclic amines) is 1. The number of imidazole rings is 1. The summed E-state index contributed by atoms with van der Waals surface area (Å²) in [6, 6.07) is 0. The number of morpholine rings is 1. The Hall–Kier alpha value is -1.77. The molecule has 8 nitrogen and oxygen atoms in total. The fourth-order valence-electron chi connectivity index (χ4n) is 4.36. The monoisotopic (exact) mass is 387 g/mol. The molecule has 2 saturated heterocycles. The molecule has 0 amide bonds. The van der Waals surface area contributed by atoms with Gasteiger partial charge in [0.25, 0.3) is 0 Å². The maximum Gasteiger partial charge on any atom is 0.146 e. The van der Waals surface area contributed by atoms with Crippen LogP contribution in [0.15, 0.2) is 0 Å². The van der Waals surface area contributed by atoms with Crippen molar-refractivity contribution in [3.05, 3.63) is 28.9 Å². The molecule has 0 spiro atoms. The van der Waals surface area contributed by atoms with E-state index in [2.05, 4.69) is 57.1 Å². The third-order valence-corrected chi connectivity index (χ3v) is 6.41. The van der Waals surface area contributed by atoms with Crippen molar-refractivity contribution >= 4 is 0 Å². The first-order valence-corrected chi connectivity index (χ1v) is 10.4. The number of aromatic nitrogens is 5. The molecule has 2 aliphatic heterocycles. The number of hydrogen-bond donors (Lipinski definition) is 0. The molecule has 4 rings (SSSR count). The van der Waals surface area contributed by atoms with E-state index in [0.29, 0.717) is 5.92 Å². The average molecular weight is 388 g/mol. The molecular formula is C20H33N7O. The molecule has 2 aromatic heterocycles. The van der Waals surface area contributed by atoms with E-state index in [1.807, 2.05) is 0 Å². The lowest BCUT2D eigenvalue weighted by molar-refractivity contribution is 0.0326. The minimum atomic E-state index is 0.437. The lowest BCUT2D eigenvalue weighted by atomic mass is 9.97. The van der Waals surface area contributed by atoms with Crippen molar-refractivity contribution in [3.63, 3.8) is 0 Å². The average Bonchev–Trinajstić information content (AvgIpc) is 3.18. The van der Waals surface area contributed by atoms with Gasteiger partial charge in [0.1, 0.15) is 17.5 Å². The van der Waals surface area contributed by atoms with Gasteiger partial charge in [0.15, 0.2) is 0 Å². The Morgan fingerprint density at radius 1 is 0.929 bits per heavy atom. The van der Waals surface area contributed by atoms with Gasteiger partial charge < -0.3 is 13.9 Å². The maximum absolute atomic E-state index is 5.45. The van der Waals surface area contributed by atoms with Gasteiger partial charge in [-0.25, -0.2) is 4.98 Å². The second-order valence-corrected chi connectivity index (χ2v) is 8.25. The van der Waals surface area contributed by atoms with Crippen LogP contribution < -0.4 is 0 Å². The van der Waals surface area contributed by atoms with Crippen molar-refractivity contribution in [1.82, 2.24) is 34.1 Å². The summed E-state index contributed by atoms with van der Waals surface area (Å²) >= 11 is 0. The highest BCUT2D eigenvalue weighted by molar-refractivity contribution is 5.14. The Labute approximate surface area is 167 Å². The van der Waals surface area contributed by atoms with Crippen LogP contribution in [0.4, 0.5) is 0 Å². The highest BCUT2D eigenvalue weighted by Crippen LogP contribution is 2.27. The molecule has 0 N–H and O–H groups in total. The van der Waals surface area contributed by atoms with Crippen LogP contribution in [0.5, 0.6) is 0 Å². The molecule has 2 aromatic rings. The summed E-state index contributed by atoms with van der Waals surface area (Å²) in [4.78, 5) is 9.68. The maximum atomic E-state index is 5.45. The van der Waals surface area contributed by atoms with Crippen molar-refractivity contribution in [3.8, 4) is 0 Å². The first kappa shape index (κ1) is 19.5. The summed E-state index contributed by atoms with van der Waals surface area (Å²) < 4.78 is 9.89. The summed E-state index contributed by atoms with van der Waals surface area (Å²) in [6.45, 7) is 11.7. The van der Waals surface area contributed by atoms with Crippen molar-refractivity contribution in [2.45, 2.75) is 45.7 Å². The van der Waals surface area contributed by atoms with Gasteiger partial charge in [-0.2, -0.15) is 0 Å². The number of rotatable bonds is 5. The Bertz CT molecular complexity index is 806. The Balaban J connectivity index is 1.42. The molecule has 28 heavy (non-hydrogen) atoms. The van der Waals surface area contributed by atoms with Crippen LogP contribution >= 0.6 is 0 Å². The Morgan fingerprint density at radius 2 is 1.68 bits per heavy atom. The molecule has 1 atom stereocenters. The van der Waals surface area contributed by atoms with Gasteiger partial charge in [0, 0.05) is 45.3 Å². The lowest BCUT2D eigenvalue weighted by Gasteiger charge is -2.32. The molecule has 4 heterocycles. The third-order valence-electron chi connectivity index (χ3n) is 6.41. The molecular weight excluding hydrogens is 354 g/mol. The van der Waals surface area contributed by atoms with Crippen molar-refractivity contribution in [2.24, 2.45) is 14.1 Å². The van der Waals surface area contributed by atoms with E-state index in [1.165, 1.54) is 18.5 Å². The summed E-state index contributed by atoms with van der Waals surface area (Å²) in [7, 11) is 4.24. The third kappa shape index (κ3) is 3.99. The molecule has 8 heteroatoms. The Morgan fingerprint density at radius 3 is 2.39 bits per heavy atom. The van der Waals surface area contributed by atoms with Gasteiger partial charge in [0.05, 0.1) is 32.0 Å². The molecule has 0 aliphatic carbocycles. The predicted octanol–water partition coefficient (Wildman–Crippen LogP) is 1.38. The van der Waals surface area contributed by atoms with Gasteiger partial charge in [0.2, 0.25) is 0 Å². The largest absolute Gasteiger partial charge is 0.379 e. The lowest BCUT2D eigenvalue weighted by Crippen LogP contribution is -2.37. The normalized spacial score (nSPS) is 22.1. The Kier molecular flexibility index (Phi) is 5.80. The number of ether oxygens (including phenoxy) is 1. The minimum absolute atomic E-state index is 0.437. The second-order valence-electron chi connectivity index (χ2n) is 8.25. The molecule has 0 saturated carbocycles. The highest BCUT2D eigenvalue weighted by atomic mass is 16.5. The first-order valence-electron chi connectivity index (χ1n) is 10.4. The van der Waals surface area contributed by atoms with Crippen LogP contribution in [0, 0.1) is 13.8 Å². The van der Waals surface area contributed by atoms with Crippen LogP contribution in [0.3, 0.4) is 0 Å². The van der Waals surface area contributed by atoms with E-state index in [-0.39, 0.29) is 0 Å². The van der Waals surface area contributed by atoms with Gasteiger partial charge >= 0.3 is 0 Å². The van der Waals surface area contributed by atoms with Crippen LogP contribution in [0.2, 0.25) is 0 Å². The number of piperidine rings is 1. The summed E-state index contributed by atoms with van der Waals surface area (Å²) in [6.07, 6.45) is 2.37. The number of nitrogens with zero attached hydrogens (tertiary/aromatic N) is 7. The van der Waals surface area contributed by atoms with Gasteiger partial charge in [-0.1, -0.05) is 0 Å². The fourth-order valence-corrected chi connectivity index (χ4v) is 4.36. The van der Waals surface area contributed by atoms with Gasteiger partial charge in [-0.05, 0) is 33.2 Å². The first-order chi connectivity index (χ1) is 13.5. The minimum Gasteiger partial charge on any atom is -0.379 e. The summed E-state index contributed by atoms with van der Waals surface area (Å²) in [5, 5.41) is 9.11. The van der Waals surface area contributed by atoms with Crippen LogP contribution in [-0.4, -0.2) is 73.5 Å². The molecule has 2 fully saturated rings. The molecule has 0 aromatic carbocycles. The van der Waals surface area contributed by atoms with Crippen molar-refractivity contribution in [1.29, 1.82) is 0 Å². The van der Waals surface area contributed by atoms with E-state index >= 15 is 0 Å². The molecule has 154 valence electrons. The zero-order valence-corrected chi connectivity index (χ0v) is 17.7. The van der Waals surface area contributed by atoms with Gasteiger partial charge in [-0.15, -0.1) is 10.2 Å². The highest BCUT2D eigenvalue weighted by Gasteiger charge is 2.27. The molecule has 0 unspecified atom stereocenters. The topological polar surface area (TPSA) is 64.2 Å². The van der Waals surface area contributed by atoms with Crippen LogP contribution in [0.1, 0.15) is 47.6 Å². The molecule has 0 bridgehead atoms. The van der Waals surface area contributed by atoms with Crippen molar-refractivity contribution < 1.29 is 4.74 Å². The molecule has 2 aliphatic rings. The zero-order valence-electron chi connectivity index (χ0n) is 17.7.